The Kier molecular flexibility index (Phi) is 5.45. The summed E-state index contributed by atoms with van der Waals surface area (Å²) in [4.78, 5) is 14.5. The lowest BCUT2D eigenvalue weighted by molar-refractivity contribution is -0.117. The normalized spacial score (nSPS) is 22.1. The van der Waals surface area contributed by atoms with Crippen molar-refractivity contribution in [2.45, 2.75) is 64.5 Å². The molecule has 25 heavy (non-hydrogen) atoms. The quantitative estimate of drug-likeness (QED) is 0.879. The van der Waals surface area contributed by atoms with E-state index in [-0.39, 0.29) is 18.6 Å². The van der Waals surface area contributed by atoms with Crippen LogP contribution < -0.4 is 5.32 Å². The van der Waals surface area contributed by atoms with Crippen molar-refractivity contribution in [1.29, 1.82) is 5.26 Å². The first-order chi connectivity index (χ1) is 12.0. The molecule has 1 atom stereocenters. The van der Waals surface area contributed by atoms with Gasteiger partial charge >= 0.3 is 0 Å². The molecular weight excluding hydrogens is 316 g/mol. The molecule has 0 bridgehead atoms. The molecule has 2 heterocycles. The standard InChI is InChI=1S/C19H28N4O2/c1-13-14(2)23(15-6-4-3-5-7-15)19(17(13)10-20)21-18(25)12-22-9-8-16(24)11-22/h15-16,24H,3-9,11-12H2,1-2H3,(H,21,25)/t16-/m1/s1. The summed E-state index contributed by atoms with van der Waals surface area (Å²) >= 11 is 0. The molecular formula is C19H28N4O2. The van der Waals surface area contributed by atoms with Crippen molar-refractivity contribution >= 4 is 11.7 Å². The molecule has 3 rings (SSSR count). The number of anilines is 1. The topological polar surface area (TPSA) is 81.3 Å². The molecule has 0 aromatic carbocycles. The second-order valence-corrected chi connectivity index (χ2v) is 7.43. The molecule has 1 aliphatic carbocycles. The fraction of sp³-hybridized carbons (Fsp3) is 0.684. The molecule has 6 nitrogen and oxygen atoms in total. The van der Waals surface area contributed by atoms with E-state index in [0.717, 1.165) is 30.6 Å². The van der Waals surface area contributed by atoms with E-state index >= 15 is 0 Å². The first kappa shape index (κ1) is 18.0. The summed E-state index contributed by atoms with van der Waals surface area (Å²) in [6.45, 7) is 5.54. The van der Waals surface area contributed by atoms with Gasteiger partial charge in [-0.05, 0) is 38.7 Å². The van der Waals surface area contributed by atoms with E-state index in [1.54, 1.807) is 0 Å². The van der Waals surface area contributed by atoms with Crippen molar-refractivity contribution in [2.24, 2.45) is 0 Å². The van der Waals surface area contributed by atoms with Crippen LogP contribution in [0, 0.1) is 25.2 Å². The smallest absolute Gasteiger partial charge is 0.239 e. The van der Waals surface area contributed by atoms with Crippen LogP contribution in [0.3, 0.4) is 0 Å². The summed E-state index contributed by atoms with van der Waals surface area (Å²) in [6, 6.07) is 2.64. The number of likely N-dealkylation sites (tertiary alicyclic amines) is 1. The summed E-state index contributed by atoms with van der Waals surface area (Å²) in [6.07, 6.45) is 6.23. The number of hydrogen-bond acceptors (Lipinski definition) is 4. The molecule has 6 heteroatoms. The van der Waals surface area contributed by atoms with Crippen LogP contribution in [0.15, 0.2) is 0 Å². The Balaban J connectivity index is 1.82. The maximum Gasteiger partial charge on any atom is 0.239 e. The maximum atomic E-state index is 12.5. The average molecular weight is 344 g/mol. The molecule has 0 unspecified atom stereocenters. The van der Waals surface area contributed by atoms with Crippen LogP contribution in [-0.2, 0) is 4.79 Å². The summed E-state index contributed by atoms with van der Waals surface area (Å²) in [5.74, 6) is 0.550. The number of nitriles is 1. The monoisotopic (exact) mass is 344 g/mol. The van der Waals surface area contributed by atoms with Gasteiger partial charge in [-0.3, -0.25) is 9.69 Å². The average Bonchev–Trinajstić information content (AvgIpc) is 3.10. The Bertz CT molecular complexity index is 683. The van der Waals surface area contributed by atoms with Crippen LogP contribution >= 0.6 is 0 Å². The lowest BCUT2D eigenvalue weighted by Crippen LogP contribution is -2.33. The van der Waals surface area contributed by atoms with Crippen molar-refractivity contribution in [3.05, 3.63) is 16.8 Å². The Labute approximate surface area is 149 Å². The van der Waals surface area contributed by atoms with Gasteiger partial charge in [0.1, 0.15) is 11.9 Å². The van der Waals surface area contributed by atoms with Crippen molar-refractivity contribution < 1.29 is 9.90 Å². The molecule has 2 N–H and O–H groups in total. The molecule has 1 saturated heterocycles. The van der Waals surface area contributed by atoms with E-state index in [1.807, 2.05) is 18.7 Å². The van der Waals surface area contributed by atoms with Crippen LogP contribution in [0.2, 0.25) is 0 Å². The van der Waals surface area contributed by atoms with Crippen molar-refractivity contribution in [3.8, 4) is 6.07 Å². The Morgan fingerprint density at radius 1 is 1.28 bits per heavy atom. The van der Waals surface area contributed by atoms with Gasteiger partial charge in [0.2, 0.25) is 5.91 Å². The van der Waals surface area contributed by atoms with Crippen molar-refractivity contribution in [2.75, 3.05) is 25.0 Å². The highest BCUT2D eigenvalue weighted by Crippen LogP contribution is 2.36. The number of amides is 1. The molecule has 1 saturated carbocycles. The Morgan fingerprint density at radius 3 is 2.60 bits per heavy atom. The van der Waals surface area contributed by atoms with Gasteiger partial charge in [-0.2, -0.15) is 5.26 Å². The number of carbonyl (C=O) groups is 1. The van der Waals surface area contributed by atoms with Crippen LogP contribution in [0.1, 0.15) is 61.4 Å². The zero-order valence-electron chi connectivity index (χ0n) is 15.2. The van der Waals surface area contributed by atoms with Crippen LogP contribution in [-0.4, -0.2) is 46.2 Å². The number of aliphatic hydroxyl groups is 1. The SMILES string of the molecule is Cc1c(C#N)c(NC(=O)CN2CC[C@@H](O)C2)n(C2CCCCC2)c1C. The van der Waals surface area contributed by atoms with E-state index in [1.165, 1.54) is 19.3 Å². The summed E-state index contributed by atoms with van der Waals surface area (Å²) in [7, 11) is 0. The lowest BCUT2D eigenvalue weighted by atomic mass is 9.95. The molecule has 2 aliphatic rings. The molecule has 2 fully saturated rings. The van der Waals surface area contributed by atoms with Gasteiger partial charge in [0.25, 0.3) is 0 Å². The largest absolute Gasteiger partial charge is 0.392 e. The molecule has 136 valence electrons. The fourth-order valence-corrected chi connectivity index (χ4v) is 4.21. The number of rotatable bonds is 4. The first-order valence-corrected chi connectivity index (χ1v) is 9.33. The minimum Gasteiger partial charge on any atom is -0.392 e. The highest BCUT2D eigenvalue weighted by atomic mass is 16.3. The number of nitrogens with one attached hydrogen (secondary N) is 1. The van der Waals surface area contributed by atoms with Gasteiger partial charge in [-0.25, -0.2) is 0 Å². The van der Waals surface area contributed by atoms with Crippen LogP contribution in [0.5, 0.6) is 0 Å². The highest BCUT2D eigenvalue weighted by Gasteiger charge is 2.27. The number of hydrogen-bond donors (Lipinski definition) is 2. The Hall–Kier alpha value is -1.84. The van der Waals surface area contributed by atoms with Crippen LogP contribution in [0.4, 0.5) is 5.82 Å². The number of aromatic nitrogens is 1. The second-order valence-electron chi connectivity index (χ2n) is 7.43. The zero-order valence-corrected chi connectivity index (χ0v) is 15.2. The molecule has 0 radical (unpaired) electrons. The fourth-order valence-electron chi connectivity index (χ4n) is 4.21. The molecule has 1 aliphatic heterocycles. The van der Waals surface area contributed by atoms with E-state index in [9.17, 15) is 15.2 Å². The van der Waals surface area contributed by atoms with E-state index in [2.05, 4.69) is 16.0 Å². The predicted octanol–water partition coefficient (Wildman–Crippen LogP) is 2.49. The maximum absolute atomic E-state index is 12.5. The number of aliphatic hydroxyl groups excluding tert-OH is 1. The van der Waals surface area contributed by atoms with Gasteiger partial charge in [0.05, 0.1) is 18.2 Å². The molecule has 1 aromatic rings. The summed E-state index contributed by atoms with van der Waals surface area (Å²) in [5, 5.41) is 22.2. The van der Waals surface area contributed by atoms with E-state index in [0.29, 0.717) is 30.4 Å². The summed E-state index contributed by atoms with van der Waals surface area (Å²) < 4.78 is 2.18. The lowest BCUT2D eigenvalue weighted by Gasteiger charge is -2.27. The third-order valence-electron chi connectivity index (χ3n) is 5.68. The Morgan fingerprint density at radius 2 is 2.00 bits per heavy atom. The van der Waals surface area contributed by atoms with Crippen molar-refractivity contribution in [1.82, 2.24) is 9.47 Å². The van der Waals surface area contributed by atoms with Gasteiger partial charge in [-0.1, -0.05) is 19.3 Å². The van der Waals surface area contributed by atoms with Crippen LogP contribution in [0.25, 0.3) is 0 Å². The first-order valence-electron chi connectivity index (χ1n) is 9.33. The highest BCUT2D eigenvalue weighted by molar-refractivity contribution is 5.93. The second kappa shape index (κ2) is 7.59. The van der Waals surface area contributed by atoms with E-state index in [4.69, 9.17) is 0 Å². The molecule has 1 amide bonds. The third kappa shape index (κ3) is 3.73. The zero-order chi connectivity index (χ0) is 18.0. The summed E-state index contributed by atoms with van der Waals surface area (Å²) in [5.41, 5.74) is 2.62. The van der Waals surface area contributed by atoms with Gasteiger partial charge in [0, 0.05) is 24.8 Å². The van der Waals surface area contributed by atoms with Gasteiger partial charge in [0.15, 0.2) is 0 Å². The van der Waals surface area contributed by atoms with Gasteiger partial charge < -0.3 is 15.0 Å². The molecule has 1 aromatic heterocycles. The minimum absolute atomic E-state index is 0.111. The number of carbonyl (C=O) groups excluding carboxylic acids is 1. The predicted molar refractivity (Wildman–Crippen MR) is 96.4 cm³/mol. The van der Waals surface area contributed by atoms with E-state index < -0.39 is 0 Å². The number of β-amino-alcohol motifs (C(OH)–C–C–N with tert-alkyl or cyclic N) is 1. The number of nitrogens with zero attached hydrogens (tertiary/aromatic N) is 3. The minimum atomic E-state index is -0.335. The third-order valence-corrected chi connectivity index (χ3v) is 5.68. The van der Waals surface area contributed by atoms with Gasteiger partial charge in [-0.15, -0.1) is 0 Å². The van der Waals surface area contributed by atoms with Crippen molar-refractivity contribution in [3.63, 3.8) is 0 Å². The molecule has 0 spiro atoms.